The first-order valence-corrected chi connectivity index (χ1v) is 9.96. The third-order valence-corrected chi connectivity index (χ3v) is 5.44. The number of benzene rings is 1. The van der Waals surface area contributed by atoms with Gasteiger partial charge in [-0.3, -0.25) is 4.40 Å². The second-order valence-corrected chi connectivity index (χ2v) is 7.56. The molecule has 4 heterocycles. The zero-order valence-corrected chi connectivity index (χ0v) is 17.2. The molecule has 0 bridgehead atoms. The number of imidazole rings is 1. The van der Waals surface area contributed by atoms with Crippen LogP contribution in [0.5, 0.6) is 0 Å². The lowest BCUT2D eigenvalue weighted by Gasteiger charge is -2.27. The molecule has 152 valence electrons. The second kappa shape index (κ2) is 7.31. The Balaban J connectivity index is 1.60. The van der Waals surface area contributed by atoms with Crippen molar-refractivity contribution in [2.45, 2.75) is 13.2 Å². The Morgan fingerprint density at radius 2 is 1.94 bits per heavy atom. The molecule has 3 N–H and O–H groups in total. The first-order valence-electron chi connectivity index (χ1n) is 9.96. The van der Waals surface area contributed by atoms with Crippen LogP contribution in [-0.4, -0.2) is 31.4 Å². The largest absolute Gasteiger partial charge is 0.384 e. The van der Waals surface area contributed by atoms with Crippen molar-refractivity contribution in [1.82, 2.24) is 19.3 Å². The number of hydrogen-bond acceptors (Lipinski definition) is 5. The van der Waals surface area contributed by atoms with E-state index in [1.807, 2.05) is 79.3 Å². The number of nitrogens with two attached hydrogens (primary N) is 1. The summed E-state index contributed by atoms with van der Waals surface area (Å²) < 4.78 is 2.04. The Bertz CT molecular complexity index is 1410. The van der Waals surface area contributed by atoms with E-state index in [4.69, 9.17) is 5.73 Å². The summed E-state index contributed by atoms with van der Waals surface area (Å²) in [5.41, 5.74) is 12.8. The summed E-state index contributed by atoms with van der Waals surface area (Å²) in [7, 11) is 1.84. The average Bonchev–Trinajstić information content (AvgIpc) is 3.10. The fourth-order valence-corrected chi connectivity index (χ4v) is 3.86. The highest BCUT2D eigenvalue weighted by molar-refractivity contribution is 5.73. The van der Waals surface area contributed by atoms with Crippen LogP contribution < -0.4 is 5.73 Å². The number of anilines is 1. The lowest BCUT2D eigenvalue weighted by molar-refractivity contribution is 0.0527. The van der Waals surface area contributed by atoms with Crippen LogP contribution in [0.1, 0.15) is 34.3 Å². The van der Waals surface area contributed by atoms with Crippen LogP contribution in [0, 0.1) is 18.8 Å². The predicted molar refractivity (Wildman–Crippen MR) is 122 cm³/mol. The van der Waals surface area contributed by atoms with Crippen LogP contribution in [-0.2, 0) is 0 Å². The van der Waals surface area contributed by atoms with Crippen molar-refractivity contribution < 1.29 is 5.11 Å². The summed E-state index contributed by atoms with van der Waals surface area (Å²) in [4.78, 5) is 10.9. The smallest absolute Gasteiger partial charge is 0.153 e. The fourth-order valence-electron chi connectivity index (χ4n) is 3.86. The van der Waals surface area contributed by atoms with Gasteiger partial charge in [0, 0.05) is 36.1 Å². The topological polar surface area (TPSA) is 79.7 Å². The maximum Gasteiger partial charge on any atom is 0.153 e. The minimum absolute atomic E-state index is 0.416. The van der Waals surface area contributed by atoms with Gasteiger partial charge < -0.3 is 15.7 Å². The van der Waals surface area contributed by atoms with Gasteiger partial charge in [0.05, 0.1) is 11.4 Å². The van der Waals surface area contributed by atoms with E-state index in [0.717, 1.165) is 39.3 Å². The molecule has 0 fully saturated rings. The predicted octanol–water partition coefficient (Wildman–Crippen LogP) is 3.59. The number of aliphatic hydroxyl groups is 1. The van der Waals surface area contributed by atoms with E-state index < -0.39 is 6.23 Å². The minimum atomic E-state index is -0.651. The molecule has 1 aliphatic rings. The third-order valence-electron chi connectivity index (χ3n) is 5.44. The summed E-state index contributed by atoms with van der Waals surface area (Å²) in [6, 6.07) is 15.4. The molecule has 6 nitrogen and oxygen atoms in total. The van der Waals surface area contributed by atoms with Gasteiger partial charge in [-0.2, -0.15) is 0 Å². The van der Waals surface area contributed by atoms with Gasteiger partial charge in [0.15, 0.2) is 6.23 Å². The quantitative estimate of drug-likeness (QED) is 0.472. The number of fused-ring (bicyclic) bond motifs is 2. The number of aliphatic hydroxyl groups excluding tert-OH is 1. The monoisotopic (exact) mass is 407 g/mol. The molecular formula is C25H21N5O. The van der Waals surface area contributed by atoms with E-state index in [2.05, 4.69) is 21.8 Å². The molecule has 1 aromatic carbocycles. The molecule has 1 aliphatic heterocycles. The van der Waals surface area contributed by atoms with Gasteiger partial charge in [0.2, 0.25) is 0 Å². The molecule has 3 aromatic heterocycles. The van der Waals surface area contributed by atoms with Gasteiger partial charge in [-0.05, 0) is 60.9 Å². The molecule has 0 aliphatic carbocycles. The fraction of sp³-hybridized carbons (Fsp3) is 0.120. The zero-order chi connectivity index (χ0) is 21.5. The average molecular weight is 407 g/mol. The molecule has 1 atom stereocenters. The van der Waals surface area contributed by atoms with E-state index in [-0.39, 0.29) is 0 Å². The Labute approximate surface area is 180 Å². The number of rotatable bonds is 1. The summed E-state index contributed by atoms with van der Waals surface area (Å²) in [6.07, 6.45) is 5.16. The summed E-state index contributed by atoms with van der Waals surface area (Å²) in [5.74, 6) is 6.82. The Kier molecular flexibility index (Phi) is 4.46. The zero-order valence-electron chi connectivity index (χ0n) is 17.2. The van der Waals surface area contributed by atoms with Crippen LogP contribution in [0.4, 0.5) is 5.82 Å². The molecule has 6 heteroatoms. The summed E-state index contributed by atoms with van der Waals surface area (Å²) in [5, 5.41) is 10.3. The Hall–Kier alpha value is -4.08. The third kappa shape index (κ3) is 3.31. The van der Waals surface area contributed by atoms with Gasteiger partial charge in [-0.25, -0.2) is 9.97 Å². The molecule has 4 aromatic rings. The van der Waals surface area contributed by atoms with Crippen molar-refractivity contribution in [2.24, 2.45) is 0 Å². The van der Waals surface area contributed by atoms with Crippen molar-refractivity contribution in [1.29, 1.82) is 0 Å². The van der Waals surface area contributed by atoms with E-state index in [1.54, 1.807) is 11.0 Å². The van der Waals surface area contributed by atoms with E-state index in [1.165, 1.54) is 0 Å². The second-order valence-electron chi connectivity index (χ2n) is 7.56. The highest BCUT2D eigenvalue weighted by Gasteiger charge is 2.18. The van der Waals surface area contributed by atoms with Crippen LogP contribution in [0.25, 0.3) is 23.0 Å². The van der Waals surface area contributed by atoms with Gasteiger partial charge in [0.1, 0.15) is 17.2 Å². The molecular weight excluding hydrogens is 386 g/mol. The van der Waals surface area contributed by atoms with Gasteiger partial charge in [0.25, 0.3) is 0 Å². The lowest BCUT2D eigenvalue weighted by atomic mass is 10.00. The molecule has 31 heavy (non-hydrogen) atoms. The van der Waals surface area contributed by atoms with E-state index in [9.17, 15) is 5.11 Å². The van der Waals surface area contributed by atoms with Crippen molar-refractivity contribution in [3.05, 3.63) is 89.0 Å². The lowest BCUT2D eigenvalue weighted by Crippen LogP contribution is -2.21. The number of pyridine rings is 2. The number of aromatic nitrogens is 3. The molecule has 0 saturated carbocycles. The van der Waals surface area contributed by atoms with Gasteiger partial charge in [-0.1, -0.05) is 18.1 Å². The highest BCUT2D eigenvalue weighted by Crippen LogP contribution is 2.29. The van der Waals surface area contributed by atoms with Crippen molar-refractivity contribution >= 4 is 17.5 Å². The SMILES string of the molecule is Cc1nc2ccccn2c1-c1ccc(N)nc1C#Cc1ccc2c(c1)C=CN(C)C2O. The number of nitrogens with zero attached hydrogens (tertiary/aromatic N) is 4. The number of nitrogen functional groups attached to an aromatic ring is 1. The summed E-state index contributed by atoms with van der Waals surface area (Å²) >= 11 is 0. The molecule has 1 unspecified atom stereocenters. The Morgan fingerprint density at radius 1 is 1.06 bits per heavy atom. The molecule has 5 rings (SSSR count). The minimum Gasteiger partial charge on any atom is -0.384 e. The highest BCUT2D eigenvalue weighted by atomic mass is 16.3. The number of hydrogen-bond donors (Lipinski definition) is 2. The molecule has 0 amide bonds. The molecule has 0 saturated heterocycles. The molecule has 0 spiro atoms. The van der Waals surface area contributed by atoms with E-state index in [0.29, 0.717) is 11.5 Å². The van der Waals surface area contributed by atoms with Crippen LogP contribution in [0.3, 0.4) is 0 Å². The molecule has 0 radical (unpaired) electrons. The standard InChI is InChI=1S/C25H21N5O/c1-16-24(30-13-4-3-5-23(30)27-16)20-9-11-22(26)28-21(20)10-7-17-6-8-19-18(15-17)12-14-29(2)25(19)31/h3-6,8-9,11-15,25,31H,1-2H3,(H2,26,28). The maximum absolute atomic E-state index is 10.3. The van der Waals surface area contributed by atoms with Crippen LogP contribution in [0.2, 0.25) is 0 Å². The van der Waals surface area contributed by atoms with Crippen LogP contribution in [0.15, 0.2) is 60.9 Å². The van der Waals surface area contributed by atoms with E-state index >= 15 is 0 Å². The normalized spacial score (nSPS) is 14.9. The maximum atomic E-state index is 10.3. The van der Waals surface area contributed by atoms with Gasteiger partial charge >= 0.3 is 0 Å². The Morgan fingerprint density at radius 3 is 2.81 bits per heavy atom. The first kappa shape index (κ1) is 18.9. The van der Waals surface area contributed by atoms with Gasteiger partial charge in [-0.15, -0.1) is 0 Å². The summed E-state index contributed by atoms with van der Waals surface area (Å²) in [6.45, 7) is 1.98. The van der Waals surface area contributed by atoms with Crippen LogP contribution >= 0.6 is 0 Å². The van der Waals surface area contributed by atoms with Crippen molar-refractivity contribution in [2.75, 3.05) is 12.8 Å². The van der Waals surface area contributed by atoms with Crippen molar-refractivity contribution in [3.8, 4) is 23.1 Å². The first-order chi connectivity index (χ1) is 15.0. The van der Waals surface area contributed by atoms with Crippen molar-refractivity contribution in [3.63, 3.8) is 0 Å². The number of aryl methyl sites for hydroxylation is 1.